The molecule has 107 valence electrons. The topological polar surface area (TPSA) is 0 Å². The van der Waals surface area contributed by atoms with Gasteiger partial charge in [0.15, 0.2) is 0 Å². The van der Waals surface area contributed by atoms with Crippen LogP contribution in [0, 0.1) is 5.92 Å². The van der Waals surface area contributed by atoms with Gasteiger partial charge < -0.3 is 0 Å². The van der Waals surface area contributed by atoms with E-state index in [1.54, 1.807) is 5.31 Å². The summed E-state index contributed by atoms with van der Waals surface area (Å²) in [6.45, 7) is 0. The van der Waals surface area contributed by atoms with Crippen LogP contribution in [0.5, 0.6) is 0 Å². The second-order valence-electron chi connectivity index (χ2n) is 6.34. The minimum Gasteiger partial charge on any atom is -0.0616 e. The summed E-state index contributed by atoms with van der Waals surface area (Å²) in [4.78, 5) is 0. The molecule has 1 heterocycles. The molecule has 3 rings (SSSR count). The molecule has 0 nitrogen and oxygen atoms in total. The normalized spacial score (nSPS) is 23.1. The number of fused-ring (bicyclic) bond motifs is 1. The minimum atomic E-state index is 0.849. The summed E-state index contributed by atoms with van der Waals surface area (Å²) in [5.41, 5.74) is 1.47. The maximum absolute atomic E-state index is 2.49. The Hall–Kier alpha value is -0.610. The molecule has 0 amide bonds. The minimum absolute atomic E-state index is 0.849. The molecule has 1 aliphatic carbocycles. The zero-order valence-corrected chi connectivity index (χ0v) is 13.4. The van der Waals surface area contributed by atoms with Gasteiger partial charge in [-0.2, -0.15) is 0 Å². The predicted molar refractivity (Wildman–Crippen MR) is 90.6 cm³/mol. The molecule has 1 aliphatic heterocycles. The highest BCUT2D eigenvalue weighted by atomic mass is 31.1. The molecule has 0 bridgehead atoms. The Morgan fingerprint density at radius 2 is 1.35 bits per heavy atom. The van der Waals surface area contributed by atoms with Gasteiger partial charge in [-0.3, -0.25) is 0 Å². The highest BCUT2D eigenvalue weighted by molar-refractivity contribution is 7.53. The Kier molecular flexibility index (Phi) is 5.31. The highest BCUT2D eigenvalue weighted by Gasteiger charge is 2.21. The van der Waals surface area contributed by atoms with E-state index in [0.717, 1.165) is 5.92 Å². The fraction of sp³-hybridized carbons (Fsp3) is 0.579. The molecule has 1 aromatic rings. The Labute approximate surface area is 125 Å². The lowest BCUT2D eigenvalue weighted by molar-refractivity contribution is 0.484. The average molecular weight is 285 g/mol. The molecular formula is C19H26P. The van der Waals surface area contributed by atoms with E-state index in [1.165, 1.54) is 83.7 Å². The quantitative estimate of drug-likeness (QED) is 0.543. The van der Waals surface area contributed by atoms with Crippen molar-refractivity contribution in [1.29, 1.82) is 0 Å². The number of benzene rings is 1. The van der Waals surface area contributed by atoms with E-state index in [4.69, 9.17) is 0 Å². The molecule has 0 unspecified atom stereocenters. The van der Waals surface area contributed by atoms with Crippen molar-refractivity contribution < 1.29 is 0 Å². The van der Waals surface area contributed by atoms with Gasteiger partial charge in [0.05, 0.1) is 0 Å². The molecule has 1 aromatic carbocycles. The van der Waals surface area contributed by atoms with E-state index >= 15 is 0 Å². The van der Waals surface area contributed by atoms with Crippen LogP contribution in [0.4, 0.5) is 0 Å². The van der Waals surface area contributed by atoms with Crippen molar-refractivity contribution >= 4 is 20.0 Å². The van der Waals surface area contributed by atoms with Gasteiger partial charge in [0.2, 0.25) is 0 Å². The molecule has 1 radical (unpaired) electrons. The van der Waals surface area contributed by atoms with E-state index in [2.05, 4.69) is 30.3 Å². The Morgan fingerprint density at radius 3 is 2.00 bits per heavy atom. The van der Waals surface area contributed by atoms with Crippen molar-refractivity contribution in [2.75, 3.05) is 0 Å². The molecule has 1 heteroatoms. The molecule has 0 aromatic heterocycles. The zero-order valence-electron chi connectivity index (χ0n) is 12.5. The molecule has 0 spiro atoms. The van der Waals surface area contributed by atoms with Crippen LogP contribution in [0.3, 0.4) is 0 Å². The largest absolute Gasteiger partial charge is 0.0616 e. The van der Waals surface area contributed by atoms with Crippen LogP contribution in [0.25, 0.3) is 6.08 Å². The van der Waals surface area contributed by atoms with Gasteiger partial charge in [-0.05, 0) is 49.6 Å². The number of hydrogen-bond acceptors (Lipinski definition) is 0. The summed E-state index contributed by atoms with van der Waals surface area (Å²) < 4.78 is 0. The number of allylic oxidation sites excluding steroid dienone is 1. The van der Waals surface area contributed by atoms with Crippen LogP contribution in [0.1, 0.15) is 69.8 Å². The molecule has 0 saturated heterocycles. The van der Waals surface area contributed by atoms with Gasteiger partial charge >= 0.3 is 0 Å². The number of rotatable bonds is 1. The van der Waals surface area contributed by atoms with E-state index in [0.29, 0.717) is 0 Å². The third kappa shape index (κ3) is 3.73. The predicted octanol–water partition coefficient (Wildman–Crippen LogP) is 6.14. The summed E-state index contributed by atoms with van der Waals surface area (Å²) >= 11 is 0. The Balaban J connectivity index is 1.65. The van der Waals surface area contributed by atoms with Gasteiger partial charge in [-0.25, -0.2) is 0 Å². The van der Waals surface area contributed by atoms with Crippen LogP contribution < -0.4 is 5.30 Å². The van der Waals surface area contributed by atoms with Crippen molar-refractivity contribution in [2.24, 2.45) is 5.92 Å². The Morgan fingerprint density at radius 1 is 0.750 bits per heavy atom. The van der Waals surface area contributed by atoms with Crippen molar-refractivity contribution in [2.45, 2.75) is 64.2 Å². The molecule has 20 heavy (non-hydrogen) atoms. The van der Waals surface area contributed by atoms with Crippen LogP contribution in [-0.2, 0) is 0 Å². The van der Waals surface area contributed by atoms with Crippen LogP contribution in [0.15, 0.2) is 29.6 Å². The van der Waals surface area contributed by atoms with E-state index in [1.807, 2.05) is 0 Å². The summed E-state index contributed by atoms with van der Waals surface area (Å²) in [5, 5.41) is 3.22. The summed E-state index contributed by atoms with van der Waals surface area (Å²) in [6.07, 6.45) is 17.0. The third-order valence-electron chi connectivity index (χ3n) is 4.76. The van der Waals surface area contributed by atoms with Gasteiger partial charge in [0.25, 0.3) is 0 Å². The standard InChI is InChI=1S/C19H26P/c1-2-4-6-8-12-16(11-7-5-3-1)19-15-17-13-9-10-14-18(17)20-19/h9-10,13-16H,1-8,11-12H2. The van der Waals surface area contributed by atoms with Gasteiger partial charge in [-0.1, -0.05) is 75.6 Å². The smallest absolute Gasteiger partial charge is 0.00768 e. The maximum atomic E-state index is 2.49. The zero-order chi connectivity index (χ0) is 13.6. The molecule has 2 aliphatic rings. The SMILES string of the molecule is C1=C(C2CCCCCCCCCC2)[P]c2ccccc21. The van der Waals surface area contributed by atoms with Crippen molar-refractivity contribution in [3.8, 4) is 0 Å². The summed E-state index contributed by atoms with van der Waals surface area (Å²) in [7, 11) is 1.49. The second-order valence-corrected chi connectivity index (χ2v) is 7.56. The first-order valence-electron chi connectivity index (χ1n) is 8.46. The lowest BCUT2D eigenvalue weighted by atomic mass is 9.94. The first-order chi connectivity index (χ1) is 9.93. The van der Waals surface area contributed by atoms with Crippen molar-refractivity contribution in [3.63, 3.8) is 0 Å². The van der Waals surface area contributed by atoms with Crippen LogP contribution >= 0.6 is 8.58 Å². The average Bonchev–Trinajstić information content (AvgIpc) is 2.87. The second kappa shape index (κ2) is 7.41. The van der Waals surface area contributed by atoms with Gasteiger partial charge in [0.1, 0.15) is 0 Å². The fourth-order valence-electron chi connectivity index (χ4n) is 3.53. The van der Waals surface area contributed by atoms with Gasteiger partial charge in [-0.15, -0.1) is 0 Å². The van der Waals surface area contributed by atoms with Crippen molar-refractivity contribution in [3.05, 3.63) is 35.1 Å². The first kappa shape index (κ1) is 14.3. The molecule has 1 saturated carbocycles. The lowest BCUT2D eigenvalue weighted by Crippen LogP contribution is -2.02. The van der Waals surface area contributed by atoms with E-state index in [9.17, 15) is 0 Å². The molecule has 0 N–H and O–H groups in total. The summed E-state index contributed by atoms with van der Waals surface area (Å²) in [6, 6.07) is 8.93. The molecular weight excluding hydrogens is 259 g/mol. The number of hydrogen-bond donors (Lipinski definition) is 0. The van der Waals surface area contributed by atoms with E-state index < -0.39 is 0 Å². The van der Waals surface area contributed by atoms with Crippen LogP contribution in [-0.4, -0.2) is 0 Å². The fourth-order valence-corrected chi connectivity index (χ4v) is 4.88. The first-order valence-corrected chi connectivity index (χ1v) is 9.35. The molecule has 0 atom stereocenters. The lowest BCUT2D eigenvalue weighted by Gasteiger charge is -2.17. The van der Waals surface area contributed by atoms with Gasteiger partial charge in [0, 0.05) is 0 Å². The third-order valence-corrected chi connectivity index (χ3v) is 6.16. The summed E-state index contributed by atoms with van der Waals surface area (Å²) in [5.74, 6) is 0.849. The van der Waals surface area contributed by atoms with Crippen molar-refractivity contribution in [1.82, 2.24) is 0 Å². The maximum Gasteiger partial charge on any atom is -0.00768 e. The van der Waals surface area contributed by atoms with E-state index in [-0.39, 0.29) is 0 Å². The molecule has 1 fully saturated rings. The van der Waals surface area contributed by atoms with Crippen LogP contribution in [0.2, 0.25) is 0 Å². The Bertz CT molecular complexity index is 449. The highest BCUT2D eigenvalue weighted by Crippen LogP contribution is 2.42. The monoisotopic (exact) mass is 285 g/mol.